The molecule has 11 nitrogen and oxygen atoms in total. The molecule has 11 unspecified atom stereocenters. The standard InChI is InChI=1S/C52H59N3O8S.Na/c1-31-10-11-37-24-42-17-19-44(37)46(31)27-48(64(59,60)61)47-26-39-22-38(25-43-21-33(29-56)8-5-9-36-23-41(58)16-18-45(36)50(39)62-43)49(47)35-12-14-40(15-13-35)52(63-42,55-51(53)54)28-34(30-57)20-32-6-3-2-4-7-32;/h2-4,6-7,12-19,23-24,26,31,33-34,38,43,46-50,56-58H,8,10-11,20-22,25,27-30H2,1H3,(H4,53,54,55)(H,59,60,61);/q;+1/p-1. The van der Waals surface area contributed by atoms with E-state index in [1.165, 1.54) is 0 Å². The van der Waals surface area contributed by atoms with Crippen LogP contribution >= 0.6 is 0 Å². The smallest absolute Gasteiger partial charge is 0.748 e. The van der Waals surface area contributed by atoms with Gasteiger partial charge in [-0.2, -0.15) is 0 Å². The van der Waals surface area contributed by atoms with Gasteiger partial charge in [0.25, 0.3) is 0 Å². The van der Waals surface area contributed by atoms with E-state index in [0.717, 1.165) is 46.2 Å². The third kappa shape index (κ3) is 9.95. The molecule has 2 aliphatic carbocycles. The first-order valence-corrected chi connectivity index (χ1v) is 24.2. The third-order valence-electron chi connectivity index (χ3n) is 14.7. The molecule has 7 aliphatic rings. The molecule has 0 radical (unpaired) electrons. The summed E-state index contributed by atoms with van der Waals surface area (Å²) in [5.74, 6) is 5.03. The van der Waals surface area contributed by atoms with Crippen LogP contribution in [0.4, 0.5) is 0 Å². The van der Waals surface area contributed by atoms with E-state index in [1.807, 2.05) is 84.9 Å². The number of benzene rings is 4. The fraction of sp³-hybridized carbons (Fsp3) is 0.442. The molecule has 11 atom stereocenters. The van der Waals surface area contributed by atoms with Crippen molar-refractivity contribution >= 4 is 16.1 Å². The number of aliphatic hydroxyl groups excluding tert-OH is 2. The quantitative estimate of drug-likeness (QED) is 0.0429. The van der Waals surface area contributed by atoms with Crippen LogP contribution in [-0.2, 0) is 33.4 Å². The fourth-order valence-electron chi connectivity index (χ4n) is 11.7. The summed E-state index contributed by atoms with van der Waals surface area (Å²) >= 11 is 0. The molecule has 0 amide bonds. The minimum Gasteiger partial charge on any atom is -0.748 e. The zero-order chi connectivity index (χ0) is 44.8. The van der Waals surface area contributed by atoms with E-state index in [9.17, 15) is 28.3 Å². The number of hydrogen-bond acceptors (Lipinski definition) is 9. The zero-order valence-electron chi connectivity index (χ0n) is 37.2. The molecule has 5 aliphatic heterocycles. The molecule has 0 spiro atoms. The van der Waals surface area contributed by atoms with Crippen LogP contribution in [0.1, 0.15) is 109 Å². The largest absolute Gasteiger partial charge is 1.00 e. The molecule has 336 valence electrons. The topological polar surface area (TPSA) is 201 Å². The maximum Gasteiger partial charge on any atom is 1.00 e. The van der Waals surface area contributed by atoms with Crippen molar-refractivity contribution in [2.24, 2.45) is 46.0 Å². The third-order valence-corrected chi connectivity index (χ3v) is 16.0. The molecular weight excluding hydrogens is 850 g/mol. The minimum atomic E-state index is -4.90. The summed E-state index contributed by atoms with van der Waals surface area (Å²) in [6.07, 6.45) is 5.69. The van der Waals surface area contributed by atoms with Crippen LogP contribution in [0.15, 0.2) is 108 Å². The number of rotatable bonds is 8. The van der Waals surface area contributed by atoms with Crippen LogP contribution in [0.2, 0.25) is 0 Å². The van der Waals surface area contributed by atoms with Gasteiger partial charge in [0.1, 0.15) is 17.6 Å². The average Bonchev–Trinajstić information content (AvgIpc) is 3.40. The second-order valence-electron chi connectivity index (χ2n) is 19.0. The van der Waals surface area contributed by atoms with Gasteiger partial charge in [-0.15, -0.1) is 0 Å². The van der Waals surface area contributed by atoms with Gasteiger partial charge in [-0.3, -0.25) is 0 Å². The number of aliphatic hydroxyl groups is 2. The number of aryl methyl sites for hydroxylation is 1. The zero-order valence-corrected chi connectivity index (χ0v) is 40.0. The van der Waals surface area contributed by atoms with Crippen molar-refractivity contribution in [3.05, 3.63) is 142 Å². The predicted molar refractivity (Wildman–Crippen MR) is 244 cm³/mol. The molecule has 4 aromatic rings. The molecule has 0 aromatic heterocycles. The number of fused-ring (bicyclic) bond motifs is 9. The number of aliphatic imine (C=N–C) groups is 1. The maximum atomic E-state index is 14.1. The Kier molecular flexibility index (Phi) is 14.3. The van der Waals surface area contributed by atoms with Crippen molar-refractivity contribution in [2.45, 2.75) is 99.7 Å². The fourth-order valence-corrected chi connectivity index (χ4v) is 12.8. The van der Waals surface area contributed by atoms with Crippen molar-refractivity contribution in [1.82, 2.24) is 0 Å². The molecule has 0 saturated carbocycles. The van der Waals surface area contributed by atoms with Crippen LogP contribution < -0.4 is 45.8 Å². The number of aromatic hydroxyl groups is 1. The Balaban J connectivity index is 0.00000576. The molecule has 65 heavy (non-hydrogen) atoms. The Morgan fingerprint density at radius 2 is 1.75 bits per heavy atom. The number of ether oxygens (including phenoxy) is 2. The number of hydrogen-bond donors (Lipinski definition) is 5. The summed E-state index contributed by atoms with van der Waals surface area (Å²) in [6, 6.07) is 28.8. The summed E-state index contributed by atoms with van der Waals surface area (Å²) in [4.78, 5) is 4.87. The Morgan fingerprint density at radius 3 is 2.48 bits per heavy atom. The van der Waals surface area contributed by atoms with Crippen LogP contribution in [0.3, 0.4) is 0 Å². The van der Waals surface area contributed by atoms with E-state index in [-0.39, 0.29) is 103 Å². The summed E-state index contributed by atoms with van der Waals surface area (Å²) in [7, 11) is -4.90. The first kappa shape index (κ1) is 47.3. The van der Waals surface area contributed by atoms with Gasteiger partial charge in [0.2, 0.25) is 5.72 Å². The molecular formula is C52H58N3NaO8S. The van der Waals surface area contributed by atoms with Crippen molar-refractivity contribution in [2.75, 3.05) is 13.2 Å². The molecule has 10 bridgehead atoms. The summed E-state index contributed by atoms with van der Waals surface area (Å²) in [5, 5.41) is 30.7. The first-order chi connectivity index (χ1) is 30.8. The molecule has 1 saturated heterocycles. The number of phenols is 1. The van der Waals surface area contributed by atoms with Gasteiger partial charge in [0.15, 0.2) is 5.96 Å². The van der Waals surface area contributed by atoms with Gasteiger partial charge in [-0.05, 0) is 138 Å². The van der Waals surface area contributed by atoms with Crippen LogP contribution in [0.25, 0.3) is 0 Å². The summed E-state index contributed by atoms with van der Waals surface area (Å²) in [5.41, 5.74) is 17.9. The monoisotopic (exact) mass is 907 g/mol. The van der Waals surface area contributed by atoms with E-state index >= 15 is 0 Å². The van der Waals surface area contributed by atoms with Crippen molar-refractivity contribution < 1.29 is 67.3 Å². The second kappa shape index (κ2) is 19.6. The van der Waals surface area contributed by atoms with Gasteiger partial charge in [-0.1, -0.05) is 91.6 Å². The second-order valence-corrected chi connectivity index (χ2v) is 20.6. The van der Waals surface area contributed by atoms with Gasteiger partial charge in [0, 0.05) is 42.7 Å². The van der Waals surface area contributed by atoms with Crippen molar-refractivity contribution in [3.8, 4) is 23.3 Å². The van der Waals surface area contributed by atoms with Gasteiger partial charge < -0.3 is 40.8 Å². The van der Waals surface area contributed by atoms with Gasteiger partial charge in [-0.25, -0.2) is 13.4 Å². The number of allylic oxidation sites excluding steroid dienone is 1. The van der Waals surface area contributed by atoms with Gasteiger partial charge >= 0.3 is 29.6 Å². The molecule has 7 N–H and O–H groups in total. The Bertz CT molecular complexity index is 2590. The van der Waals surface area contributed by atoms with E-state index in [1.54, 1.807) is 12.1 Å². The number of nitrogens with two attached hydrogens (primary N) is 2. The molecule has 4 aromatic carbocycles. The normalized spacial score (nSPS) is 29.5. The SMILES string of the molecule is CC1CCc2cc3ccc2C1CC(S(=O)(=O)[O-])C1C=C2CC(CC4CC(CO)CC#Cc5cc(O)ccc5C2O4)C1c1ccc(cc1)C(CC(CO)Cc1ccccc1)(N=C(N)N)O3.[Na+]. The summed E-state index contributed by atoms with van der Waals surface area (Å²) < 4.78 is 56.3. The van der Waals surface area contributed by atoms with Crippen LogP contribution in [0.5, 0.6) is 11.5 Å². The summed E-state index contributed by atoms with van der Waals surface area (Å²) in [6.45, 7) is 1.92. The van der Waals surface area contributed by atoms with Crippen LogP contribution in [-0.4, -0.2) is 58.8 Å². The van der Waals surface area contributed by atoms with E-state index in [2.05, 4.69) is 18.8 Å². The van der Waals surface area contributed by atoms with Crippen molar-refractivity contribution in [3.63, 3.8) is 0 Å². The first-order valence-electron chi connectivity index (χ1n) is 22.7. The molecule has 11 rings (SSSR count). The molecule has 13 heteroatoms. The Morgan fingerprint density at radius 1 is 0.985 bits per heavy atom. The molecule has 1 fully saturated rings. The van der Waals surface area contributed by atoms with E-state index in [0.29, 0.717) is 49.0 Å². The van der Waals surface area contributed by atoms with Crippen molar-refractivity contribution in [1.29, 1.82) is 0 Å². The van der Waals surface area contributed by atoms with Gasteiger partial charge in [0.05, 0.1) is 21.5 Å². The number of phenolic OH excluding ortho intramolecular Hbond substituents is 1. The number of nitrogens with zero attached hydrogens (tertiary/aromatic N) is 1. The van der Waals surface area contributed by atoms with Crippen LogP contribution in [0, 0.1) is 41.4 Å². The van der Waals surface area contributed by atoms with E-state index in [4.69, 9.17) is 25.9 Å². The Labute approximate surface area is 404 Å². The van der Waals surface area contributed by atoms with E-state index < -0.39 is 39.0 Å². The average molecular weight is 908 g/mol. The maximum absolute atomic E-state index is 14.1. The Hall–Kier alpha value is -4.16. The minimum absolute atomic E-state index is 0. The predicted octanol–water partition coefficient (Wildman–Crippen LogP) is 4.06. The molecule has 5 heterocycles. The number of guanidine groups is 1.